The van der Waals surface area contributed by atoms with Crippen molar-refractivity contribution in [2.24, 2.45) is 5.92 Å². The average Bonchev–Trinajstić information content (AvgIpc) is 2.29. The minimum Gasteiger partial charge on any atom is -0.481 e. The van der Waals surface area contributed by atoms with Gasteiger partial charge < -0.3 is 14.7 Å². The molecular weight excluding hydrogens is 246 g/mol. The van der Waals surface area contributed by atoms with Crippen LogP contribution in [0.15, 0.2) is 0 Å². The summed E-state index contributed by atoms with van der Waals surface area (Å²) < 4.78 is 16.7. The fourth-order valence-corrected chi connectivity index (χ4v) is 2.73. The highest BCUT2D eigenvalue weighted by molar-refractivity contribution is 7.85. The lowest BCUT2D eigenvalue weighted by Gasteiger charge is -2.26. The molecule has 6 nitrogen and oxygen atoms in total. The maximum Gasteiger partial charge on any atom is 0.307 e. The summed E-state index contributed by atoms with van der Waals surface area (Å²) in [6, 6.07) is 0. The van der Waals surface area contributed by atoms with Gasteiger partial charge in [0.2, 0.25) is 5.91 Å². The van der Waals surface area contributed by atoms with Crippen molar-refractivity contribution in [3.63, 3.8) is 0 Å². The molecule has 0 saturated carbocycles. The predicted octanol–water partition coefficient (Wildman–Crippen LogP) is -0.685. The number of carbonyl (C=O) groups is 2. The number of rotatable bonds is 5. The molecule has 1 aliphatic rings. The van der Waals surface area contributed by atoms with Gasteiger partial charge in [-0.3, -0.25) is 13.8 Å². The first-order chi connectivity index (χ1) is 8.00. The zero-order chi connectivity index (χ0) is 12.8. The Morgan fingerprint density at radius 1 is 1.41 bits per heavy atom. The standard InChI is InChI=1S/C10H17NO5S/c1-8(10(13)14)6-17(15)7-9(12)11-2-4-16-5-3-11/h8H,2-7H2,1H3,(H,13,14). The van der Waals surface area contributed by atoms with Gasteiger partial charge in [-0.25, -0.2) is 0 Å². The zero-order valence-electron chi connectivity index (χ0n) is 9.76. The van der Waals surface area contributed by atoms with Gasteiger partial charge in [-0.15, -0.1) is 0 Å². The van der Waals surface area contributed by atoms with Crippen LogP contribution < -0.4 is 0 Å². The highest BCUT2D eigenvalue weighted by Crippen LogP contribution is 2.02. The van der Waals surface area contributed by atoms with Crippen LogP contribution in [-0.4, -0.2) is 63.9 Å². The molecule has 2 atom stereocenters. The first-order valence-corrected chi connectivity index (χ1v) is 6.93. The third-order valence-electron chi connectivity index (χ3n) is 2.51. The van der Waals surface area contributed by atoms with Crippen LogP contribution in [0.25, 0.3) is 0 Å². The van der Waals surface area contributed by atoms with E-state index in [0.717, 1.165) is 0 Å². The number of nitrogens with zero attached hydrogens (tertiary/aromatic N) is 1. The Bertz CT molecular complexity index is 314. The van der Waals surface area contributed by atoms with Crippen LogP contribution in [0.4, 0.5) is 0 Å². The topological polar surface area (TPSA) is 83.9 Å². The van der Waals surface area contributed by atoms with Crippen molar-refractivity contribution in [3.05, 3.63) is 0 Å². The molecule has 1 rings (SSSR count). The molecule has 1 N–H and O–H groups in total. The quantitative estimate of drug-likeness (QED) is 0.710. The molecule has 17 heavy (non-hydrogen) atoms. The third-order valence-corrected chi connectivity index (χ3v) is 3.95. The largest absolute Gasteiger partial charge is 0.481 e. The lowest BCUT2D eigenvalue weighted by molar-refractivity contribution is -0.140. The molecule has 0 bridgehead atoms. The van der Waals surface area contributed by atoms with Crippen molar-refractivity contribution in [1.82, 2.24) is 4.90 Å². The fourth-order valence-electron chi connectivity index (χ4n) is 1.45. The molecule has 1 fully saturated rings. The first kappa shape index (κ1) is 14.1. The molecule has 1 amide bonds. The summed E-state index contributed by atoms with van der Waals surface area (Å²) in [7, 11) is -1.42. The van der Waals surface area contributed by atoms with E-state index >= 15 is 0 Å². The number of ether oxygens (including phenoxy) is 1. The lowest BCUT2D eigenvalue weighted by atomic mass is 10.2. The minimum atomic E-state index is -1.42. The van der Waals surface area contributed by atoms with Gasteiger partial charge in [0.15, 0.2) is 0 Å². The maximum absolute atomic E-state index is 11.7. The number of carboxylic acids is 1. The number of hydrogen-bond donors (Lipinski definition) is 1. The van der Waals surface area contributed by atoms with Crippen LogP contribution in [0.2, 0.25) is 0 Å². The molecule has 1 heterocycles. The van der Waals surface area contributed by atoms with Gasteiger partial charge in [0, 0.05) is 29.6 Å². The number of amides is 1. The summed E-state index contributed by atoms with van der Waals surface area (Å²) in [5, 5.41) is 8.67. The normalized spacial score (nSPS) is 19.7. The Balaban J connectivity index is 2.34. The number of carbonyl (C=O) groups excluding carboxylic acids is 1. The second kappa shape index (κ2) is 6.70. The summed E-state index contributed by atoms with van der Waals surface area (Å²) >= 11 is 0. The Labute approximate surface area is 102 Å². The van der Waals surface area contributed by atoms with Crippen molar-refractivity contribution in [2.75, 3.05) is 37.8 Å². The molecule has 2 unspecified atom stereocenters. The van der Waals surface area contributed by atoms with E-state index in [1.54, 1.807) is 4.90 Å². The number of hydrogen-bond acceptors (Lipinski definition) is 4. The van der Waals surface area contributed by atoms with Crippen LogP contribution in [0, 0.1) is 5.92 Å². The zero-order valence-corrected chi connectivity index (χ0v) is 10.6. The van der Waals surface area contributed by atoms with Gasteiger partial charge in [0.05, 0.1) is 19.1 Å². The van der Waals surface area contributed by atoms with E-state index in [4.69, 9.17) is 9.84 Å². The van der Waals surface area contributed by atoms with Crippen LogP contribution >= 0.6 is 0 Å². The number of morpholine rings is 1. The fraction of sp³-hybridized carbons (Fsp3) is 0.800. The summed E-state index contributed by atoms with van der Waals surface area (Å²) in [5.74, 6) is -1.95. The van der Waals surface area contributed by atoms with Gasteiger partial charge in [-0.2, -0.15) is 0 Å². The number of aliphatic carboxylic acids is 1. The van der Waals surface area contributed by atoms with Gasteiger partial charge in [0.25, 0.3) is 0 Å². The molecule has 0 aromatic carbocycles. The smallest absolute Gasteiger partial charge is 0.307 e. The molecule has 0 aromatic rings. The molecule has 0 aromatic heterocycles. The van der Waals surface area contributed by atoms with E-state index in [1.165, 1.54) is 6.92 Å². The van der Waals surface area contributed by atoms with Gasteiger partial charge >= 0.3 is 5.97 Å². The van der Waals surface area contributed by atoms with E-state index in [1.807, 2.05) is 0 Å². The average molecular weight is 263 g/mol. The first-order valence-electron chi connectivity index (χ1n) is 5.44. The van der Waals surface area contributed by atoms with E-state index < -0.39 is 22.7 Å². The lowest BCUT2D eigenvalue weighted by Crippen LogP contribution is -2.43. The van der Waals surface area contributed by atoms with E-state index in [2.05, 4.69) is 0 Å². The molecular formula is C10H17NO5S. The Hall–Kier alpha value is -0.950. The minimum absolute atomic E-state index is 0.0193. The molecule has 98 valence electrons. The molecule has 0 aliphatic carbocycles. The van der Waals surface area contributed by atoms with Gasteiger partial charge in [-0.05, 0) is 0 Å². The predicted molar refractivity (Wildman–Crippen MR) is 62.1 cm³/mol. The van der Waals surface area contributed by atoms with Crippen LogP contribution in [-0.2, 0) is 25.1 Å². The molecule has 7 heteroatoms. The van der Waals surface area contributed by atoms with Crippen molar-refractivity contribution in [1.29, 1.82) is 0 Å². The molecule has 0 spiro atoms. The van der Waals surface area contributed by atoms with Crippen molar-refractivity contribution in [3.8, 4) is 0 Å². The van der Waals surface area contributed by atoms with Crippen LogP contribution in [0.5, 0.6) is 0 Å². The van der Waals surface area contributed by atoms with Crippen molar-refractivity contribution < 1.29 is 23.6 Å². The number of carboxylic acid groups (broad SMARTS) is 1. The molecule has 0 radical (unpaired) electrons. The Kier molecular flexibility index (Phi) is 5.57. The van der Waals surface area contributed by atoms with E-state index in [-0.39, 0.29) is 17.4 Å². The van der Waals surface area contributed by atoms with E-state index in [0.29, 0.717) is 26.3 Å². The van der Waals surface area contributed by atoms with Gasteiger partial charge in [0.1, 0.15) is 5.75 Å². The third kappa shape index (κ3) is 4.82. The summed E-state index contributed by atoms with van der Waals surface area (Å²) in [6.07, 6.45) is 0. The SMILES string of the molecule is CC(CS(=O)CC(=O)N1CCOCC1)C(=O)O. The van der Waals surface area contributed by atoms with Crippen molar-refractivity contribution in [2.45, 2.75) is 6.92 Å². The van der Waals surface area contributed by atoms with Crippen LogP contribution in [0.3, 0.4) is 0 Å². The molecule has 1 saturated heterocycles. The van der Waals surface area contributed by atoms with E-state index in [9.17, 15) is 13.8 Å². The van der Waals surface area contributed by atoms with Crippen molar-refractivity contribution >= 4 is 22.7 Å². The molecule has 1 aliphatic heterocycles. The highest BCUT2D eigenvalue weighted by atomic mass is 32.2. The Morgan fingerprint density at radius 3 is 2.53 bits per heavy atom. The summed E-state index contributed by atoms with van der Waals surface area (Å²) in [5.41, 5.74) is 0. The highest BCUT2D eigenvalue weighted by Gasteiger charge is 2.21. The Morgan fingerprint density at radius 2 is 2.00 bits per heavy atom. The summed E-state index contributed by atoms with van der Waals surface area (Å²) in [4.78, 5) is 23.9. The second-order valence-corrected chi connectivity index (χ2v) is 5.48. The summed E-state index contributed by atoms with van der Waals surface area (Å²) in [6.45, 7) is 3.53. The monoisotopic (exact) mass is 263 g/mol. The van der Waals surface area contributed by atoms with Crippen LogP contribution in [0.1, 0.15) is 6.92 Å². The second-order valence-electron chi connectivity index (χ2n) is 3.98. The van der Waals surface area contributed by atoms with Gasteiger partial charge in [-0.1, -0.05) is 6.92 Å². The maximum atomic E-state index is 11.7.